The van der Waals surface area contributed by atoms with Crippen molar-refractivity contribution in [2.75, 3.05) is 0 Å². The van der Waals surface area contributed by atoms with Gasteiger partial charge < -0.3 is 4.98 Å². The Balaban J connectivity index is 0.000000560. The maximum Gasteiger partial charge on any atom is 0.452 e. The summed E-state index contributed by atoms with van der Waals surface area (Å²) in [4.78, 5) is 32.3. The van der Waals surface area contributed by atoms with Gasteiger partial charge in [-0.3, -0.25) is 9.59 Å². The van der Waals surface area contributed by atoms with Crippen molar-refractivity contribution in [3.8, 4) is 11.4 Å². The molecule has 196 valence electrons. The van der Waals surface area contributed by atoms with Crippen LogP contribution in [0.15, 0.2) is 54.7 Å². The Kier molecular flexibility index (Phi) is 13.5. The van der Waals surface area contributed by atoms with Gasteiger partial charge in [-0.25, -0.2) is 14.7 Å². The number of halogens is 8. The van der Waals surface area contributed by atoms with Crippen LogP contribution in [0.3, 0.4) is 0 Å². The summed E-state index contributed by atoms with van der Waals surface area (Å²) < 4.78 is 69.5. The fourth-order valence-corrected chi connectivity index (χ4v) is 2.58. The zero-order valence-corrected chi connectivity index (χ0v) is 20.7. The van der Waals surface area contributed by atoms with Crippen molar-refractivity contribution < 1.29 is 35.9 Å². The van der Waals surface area contributed by atoms with Gasteiger partial charge in [-0.05, 0) is 0 Å². The monoisotopic (exact) mass is 652 g/mol. The van der Waals surface area contributed by atoms with Crippen molar-refractivity contribution in [3.63, 3.8) is 0 Å². The first-order valence-corrected chi connectivity index (χ1v) is 11.0. The van der Waals surface area contributed by atoms with Crippen LogP contribution in [0.1, 0.15) is 23.5 Å². The van der Waals surface area contributed by atoms with Crippen LogP contribution in [0.4, 0.5) is 37.7 Å². The number of carbonyl (C=O) groups excluding carboxylic acids is 2. The van der Waals surface area contributed by atoms with Gasteiger partial charge in [0.05, 0.1) is 19.3 Å². The summed E-state index contributed by atoms with van der Waals surface area (Å²) in [6.45, 7) is 13.4. The fraction of sp³-hybridized carbons (Fsp3) is 0.174. The lowest BCUT2D eigenvalue weighted by molar-refractivity contribution is -0.168. The third kappa shape index (κ3) is 11.4. The van der Waals surface area contributed by atoms with Crippen LogP contribution < -0.4 is 0 Å². The second kappa shape index (κ2) is 14.9. The number of hydrogen-bond donors (Lipinski definition) is 1. The highest BCUT2D eigenvalue weighted by molar-refractivity contribution is 9.25. The Hall–Kier alpha value is -3.49. The molecule has 1 aromatic heterocycles. The summed E-state index contributed by atoms with van der Waals surface area (Å²) >= 11 is 4.85. The van der Waals surface area contributed by atoms with Gasteiger partial charge in [0.15, 0.2) is 11.4 Å². The van der Waals surface area contributed by atoms with Crippen LogP contribution in [-0.2, 0) is 11.0 Å². The smallest absolute Gasteiger partial charge is 0.334 e. The number of carbonyl (C=O) groups is 2. The van der Waals surface area contributed by atoms with Crippen LogP contribution in [0, 0.1) is 13.1 Å². The number of H-pyrrole nitrogens is 1. The van der Waals surface area contributed by atoms with Gasteiger partial charge in [0, 0.05) is 11.1 Å². The molecule has 0 aliphatic rings. The van der Waals surface area contributed by atoms with Crippen LogP contribution in [0.5, 0.6) is 0 Å². The van der Waals surface area contributed by atoms with E-state index in [1.54, 1.807) is 36.4 Å². The molecule has 3 rings (SSSR count). The highest BCUT2D eigenvalue weighted by Gasteiger charge is 2.41. The number of imidazole rings is 1. The number of ketones is 1. The molecule has 0 fully saturated rings. The molecule has 0 saturated heterocycles. The van der Waals surface area contributed by atoms with Crippen LogP contribution in [0.25, 0.3) is 21.1 Å². The van der Waals surface area contributed by atoms with E-state index in [9.17, 15) is 35.9 Å². The second-order valence-corrected chi connectivity index (χ2v) is 9.35. The molecule has 0 aliphatic heterocycles. The zero-order chi connectivity index (χ0) is 27.5. The predicted molar refractivity (Wildman–Crippen MR) is 133 cm³/mol. The number of nitrogens with zero attached hydrogens (tertiary/aromatic N) is 3. The number of aromatic nitrogens is 2. The van der Waals surface area contributed by atoms with E-state index in [-0.39, 0.29) is 13.3 Å². The number of aldehydes is 1. The Bertz CT molecular complexity index is 1240. The highest BCUT2D eigenvalue weighted by Crippen LogP contribution is 2.29. The number of rotatable bonds is 3. The maximum absolute atomic E-state index is 12.3. The average Bonchev–Trinajstić information content (AvgIpc) is 3.35. The minimum atomic E-state index is -4.75. The second-order valence-electron chi connectivity index (χ2n) is 6.29. The zero-order valence-electron chi connectivity index (χ0n) is 17.5. The molecule has 0 amide bonds. The Morgan fingerprint density at radius 1 is 0.919 bits per heavy atom. The predicted octanol–water partition coefficient (Wildman–Crippen LogP) is 8.57. The third-order valence-electron chi connectivity index (χ3n) is 3.79. The molecule has 0 radical (unpaired) electrons. The van der Waals surface area contributed by atoms with Crippen LogP contribution >= 0.6 is 31.9 Å². The Morgan fingerprint density at radius 3 is 1.68 bits per heavy atom. The van der Waals surface area contributed by atoms with Gasteiger partial charge in [-0.1, -0.05) is 87.8 Å². The lowest BCUT2D eigenvalue weighted by atomic mass is 10.2. The van der Waals surface area contributed by atoms with E-state index in [1.807, 2.05) is 0 Å². The molecule has 0 spiro atoms. The number of nitrogens with one attached hydrogen (secondary N) is 1. The molecule has 14 heteroatoms. The topological polar surface area (TPSA) is 71.5 Å². The Labute approximate surface area is 224 Å². The number of benzene rings is 2. The van der Waals surface area contributed by atoms with Gasteiger partial charge in [-0.15, -0.1) is 0 Å². The van der Waals surface area contributed by atoms with E-state index in [4.69, 9.17) is 13.1 Å². The first kappa shape index (κ1) is 33.5. The molecule has 1 heterocycles. The van der Waals surface area contributed by atoms with E-state index in [0.717, 1.165) is 12.5 Å². The molecule has 37 heavy (non-hydrogen) atoms. The van der Waals surface area contributed by atoms with Crippen molar-refractivity contribution >= 4 is 55.3 Å². The minimum Gasteiger partial charge on any atom is -0.334 e. The molecule has 0 bridgehead atoms. The van der Waals surface area contributed by atoms with E-state index in [2.05, 4.69) is 51.5 Å². The fourth-order valence-electron chi connectivity index (χ4n) is 2.06. The Morgan fingerprint density at radius 2 is 1.38 bits per heavy atom. The molecule has 3 aromatic rings. The lowest BCUT2D eigenvalue weighted by Crippen LogP contribution is -2.27. The van der Waals surface area contributed by atoms with Crippen molar-refractivity contribution in [2.45, 2.75) is 23.5 Å². The van der Waals surface area contributed by atoms with E-state index in [0.29, 0.717) is 22.5 Å². The van der Waals surface area contributed by atoms with Gasteiger partial charge in [-0.2, -0.15) is 26.3 Å². The van der Waals surface area contributed by atoms with E-state index < -0.39 is 27.6 Å². The third-order valence-corrected chi connectivity index (χ3v) is 4.62. The number of alkyl halides is 8. The highest BCUT2D eigenvalue weighted by atomic mass is 79.9. The van der Waals surface area contributed by atoms with Crippen molar-refractivity contribution in [2.24, 2.45) is 0 Å². The SMILES string of the molecule is C.O=C(C(Br)Br)C(F)(F)F.[C-]#[N+]c1ccc(-c2ncc(C(F)(F)F)[nH]2)cc1.[C-]#[N+]c1ccc(C=O)cc1. The summed E-state index contributed by atoms with van der Waals surface area (Å²) in [6, 6.07) is 12.6. The molecular formula is C23H16Br2F6N4O2. The standard InChI is InChI=1S/C11H6F3N3.C8H5NO.C3HBr2F3O.CH4/c1-15-8-4-2-7(3-5-8)10-16-6-9(17-10)11(12,13)14;1-9-8-4-2-7(6-10)3-5-8;4-2(5)1(9)3(6,7)8;/h2-6H,(H,16,17);2-6H;2H;1H4. The molecule has 0 aliphatic carbocycles. The molecule has 0 unspecified atom stereocenters. The summed E-state index contributed by atoms with van der Waals surface area (Å²) in [6.07, 6.45) is -7.68. The molecule has 0 saturated carbocycles. The van der Waals surface area contributed by atoms with Gasteiger partial charge in [0.1, 0.15) is 21.5 Å². The van der Waals surface area contributed by atoms with Crippen molar-refractivity contribution in [1.29, 1.82) is 0 Å². The minimum absolute atomic E-state index is 0. The number of hydrogen-bond acceptors (Lipinski definition) is 3. The first-order valence-electron chi connectivity index (χ1n) is 9.15. The molecule has 6 nitrogen and oxygen atoms in total. The van der Waals surface area contributed by atoms with E-state index in [1.165, 1.54) is 12.1 Å². The van der Waals surface area contributed by atoms with Gasteiger partial charge >= 0.3 is 12.4 Å². The molecule has 2 aromatic carbocycles. The molecule has 0 atom stereocenters. The van der Waals surface area contributed by atoms with Crippen molar-refractivity contribution in [1.82, 2.24) is 9.97 Å². The summed E-state index contributed by atoms with van der Waals surface area (Å²) in [5, 5.41) is 0. The van der Waals surface area contributed by atoms with Gasteiger partial charge in [0.2, 0.25) is 0 Å². The summed E-state index contributed by atoms with van der Waals surface area (Å²) in [7, 11) is 0. The van der Waals surface area contributed by atoms with Crippen LogP contribution in [-0.4, -0.2) is 32.0 Å². The average molecular weight is 654 g/mol. The normalized spacial score (nSPS) is 10.4. The maximum atomic E-state index is 12.3. The van der Waals surface area contributed by atoms with Crippen molar-refractivity contribution in [3.05, 3.63) is 88.8 Å². The molecular weight excluding hydrogens is 638 g/mol. The molecule has 1 N–H and O–H groups in total. The van der Waals surface area contributed by atoms with Crippen LogP contribution in [0.2, 0.25) is 0 Å². The first-order chi connectivity index (χ1) is 16.7. The van der Waals surface area contributed by atoms with E-state index >= 15 is 0 Å². The number of aromatic amines is 1. The summed E-state index contributed by atoms with van der Waals surface area (Å²) in [5.41, 5.74) is 1.21. The quantitative estimate of drug-likeness (QED) is 0.133. The van der Waals surface area contributed by atoms with Gasteiger partial charge in [0.25, 0.3) is 5.78 Å². The largest absolute Gasteiger partial charge is 0.452 e. The summed E-state index contributed by atoms with van der Waals surface area (Å²) in [5.74, 6) is -1.70. The lowest BCUT2D eigenvalue weighted by Gasteiger charge is -2.03. The number of Topliss-reactive ketones (excluding diaryl/α,β-unsaturated/α-hetero) is 1.